The third-order valence-electron chi connectivity index (χ3n) is 7.50. The van der Waals surface area contributed by atoms with Crippen molar-refractivity contribution >= 4 is 28.5 Å². The molecule has 1 aliphatic heterocycles. The fourth-order valence-electron chi connectivity index (χ4n) is 5.55. The van der Waals surface area contributed by atoms with E-state index in [4.69, 9.17) is 11.6 Å². The number of rotatable bonds is 6. The molecule has 2 fully saturated rings. The predicted molar refractivity (Wildman–Crippen MR) is 134 cm³/mol. The third-order valence-corrected chi connectivity index (χ3v) is 7.82. The lowest BCUT2D eigenvalue weighted by molar-refractivity contribution is 0.00925. The molecule has 5 rings (SSSR count). The van der Waals surface area contributed by atoms with Crippen LogP contribution in [0.15, 0.2) is 36.9 Å². The molecule has 1 N–H and O–H groups in total. The van der Waals surface area contributed by atoms with Gasteiger partial charge in [0.1, 0.15) is 5.65 Å². The van der Waals surface area contributed by atoms with Gasteiger partial charge in [-0.2, -0.15) is 0 Å². The molecule has 1 aliphatic carbocycles. The molecule has 9 heteroatoms. The van der Waals surface area contributed by atoms with Gasteiger partial charge in [0.25, 0.3) is 5.91 Å². The number of pyridine rings is 1. The minimum absolute atomic E-state index is 0.0245. The summed E-state index contributed by atoms with van der Waals surface area (Å²) >= 11 is 6.55. The highest BCUT2D eigenvalue weighted by Crippen LogP contribution is 2.34. The van der Waals surface area contributed by atoms with E-state index >= 15 is 0 Å². The zero-order valence-electron chi connectivity index (χ0n) is 19.7. The SMILES string of the molecule is CCN1CCN(C2(CNC(=O)c3cn(-c4ncccn4)c4nccc(Cl)c34)CCCCC2)CC1. The summed E-state index contributed by atoms with van der Waals surface area (Å²) in [5.41, 5.74) is 1.10. The van der Waals surface area contributed by atoms with Crippen LogP contribution in [0.5, 0.6) is 0 Å². The number of nitrogens with zero attached hydrogens (tertiary/aromatic N) is 6. The smallest absolute Gasteiger partial charge is 0.253 e. The van der Waals surface area contributed by atoms with E-state index in [2.05, 4.69) is 37.0 Å². The van der Waals surface area contributed by atoms with E-state index in [0.29, 0.717) is 34.1 Å². The van der Waals surface area contributed by atoms with Gasteiger partial charge in [0, 0.05) is 63.1 Å². The quantitative estimate of drug-likeness (QED) is 0.580. The van der Waals surface area contributed by atoms with Crippen LogP contribution in [-0.2, 0) is 0 Å². The maximum absolute atomic E-state index is 13.5. The molecule has 0 radical (unpaired) electrons. The maximum Gasteiger partial charge on any atom is 0.253 e. The van der Waals surface area contributed by atoms with Gasteiger partial charge in [-0.05, 0) is 31.5 Å². The number of aromatic nitrogens is 4. The Kier molecular flexibility index (Phi) is 6.81. The van der Waals surface area contributed by atoms with Gasteiger partial charge >= 0.3 is 0 Å². The van der Waals surface area contributed by atoms with E-state index < -0.39 is 0 Å². The van der Waals surface area contributed by atoms with Crippen LogP contribution < -0.4 is 5.32 Å². The number of amides is 1. The topological polar surface area (TPSA) is 79.2 Å². The van der Waals surface area contributed by atoms with Gasteiger partial charge in [0.15, 0.2) is 0 Å². The van der Waals surface area contributed by atoms with Crippen molar-refractivity contribution in [2.45, 2.75) is 44.6 Å². The molecule has 0 bridgehead atoms. The van der Waals surface area contributed by atoms with Gasteiger partial charge in [-0.3, -0.25) is 14.3 Å². The Bertz CT molecular complexity index is 1130. The summed E-state index contributed by atoms with van der Waals surface area (Å²) in [6.45, 7) is 8.28. The first-order chi connectivity index (χ1) is 16.6. The summed E-state index contributed by atoms with van der Waals surface area (Å²) in [7, 11) is 0. The van der Waals surface area contributed by atoms with E-state index in [9.17, 15) is 4.79 Å². The average molecular weight is 482 g/mol. The molecule has 1 saturated heterocycles. The predicted octanol–water partition coefficient (Wildman–Crippen LogP) is 3.54. The Hall–Kier alpha value is -2.55. The lowest BCUT2D eigenvalue weighted by Gasteiger charge is -2.50. The molecular formula is C25H32ClN7O. The van der Waals surface area contributed by atoms with Gasteiger partial charge in [-0.1, -0.05) is 37.8 Å². The summed E-state index contributed by atoms with van der Waals surface area (Å²) in [5.74, 6) is 0.325. The highest BCUT2D eigenvalue weighted by molar-refractivity contribution is 6.36. The van der Waals surface area contributed by atoms with Crippen molar-refractivity contribution in [3.05, 3.63) is 47.5 Å². The number of hydrogen-bond acceptors (Lipinski definition) is 6. The zero-order chi connectivity index (χ0) is 23.5. The largest absolute Gasteiger partial charge is 0.350 e. The van der Waals surface area contributed by atoms with Crippen molar-refractivity contribution in [1.29, 1.82) is 0 Å². The molecule has 3 aromatic heterocycles. The van der Waals surface area contributed by atoms with Crippen molar-refractivity contribution < 1.29 is 4.79 Å². The number of hydrogen-bond donors (Lipinski definition) is 1. The molecule has 8 nitrogen and oxygen atoms in total. The maximum atomic E-state index is 13.5. The minimum Gasteiger partial charge on any atom is -0.350 e. The summed E-state index contributed by atoms with van der Waals surface area (Å²) < 4.78 is 1.73. The number of halogens is 1. The second-order valence-electron chi connectivity index (χ2n) is 9.34. The van der Waals surface area contributed by atoms with Crippen LogP contribution in [0.4, 0.5) is 0 Å². The normalized spacial score (nSPS) is 19.4. The van der Waals surface area contributed by atoms with Gasteiger partial charge in [-0.15, -0.1) is 0 Å². The van der Waals surface area contributed by atoms with Crippen LogP contribution >= 0.6 is 11.6 Å². The molecule has 0 unspecified atom stereocenters. The van der Waals surface area contributed by atoms with Crippen molar-refractivity contribution in [2.24, 2.45) is 0 Å². The first kappa shape index (κ1) is 23.2. The average Bonchev–Trinajstić information content (AvgIpc) is 3.30. The highest BCUT2D eigenvalue weighted by atomic mass is 35.5. The van der Waals surface area contributed by atoms with Gasteiger partial charge in [0.2, 0.25) is 5.95 Å². The Morgan fingerprint density at radius 3 is 2.50 bits per heavy atom. The summed E-state index contributed by atoms with van der Waals surface area (Å²) in [6, 6.07) is 3.47. The van der Waals surface area contributed by atoms with E-state index in [1.807, 2.05) is 0 Å². The molecule has 0 atom stereocenters. The summed E-state index contributed by atoms with van der Waals surface area (Å²) in [4.78, 5) is 31.8. The van der Waals surface area contributed by atoms with Gasteiger partial charge in [-0.25, -0.2) is 15.0 Å². The van der Waals surface area contributed by atoms with E-state index in [1.165, 1.54) is 19.3 Å². The van der Waals surface area contributed by atoms with Crippen LogP contribution in [0.3, 0.4) is 0 Å². The highest BCUT2D eigenvalue weighted by Gasteiger charge is 2.39. The van der Waals surface area contributed by atoms with Crippen molar-refractivity contribution in [2.75, 3.05) is 39.3 Å². The second-order valence-corrected chi connectivity index (χ2v) is 9.75. The third kappa shape index (κ3) is 4.42. The Morgan fingerprint density at radius 2 is 1.79 bits per heavy atom. The van der Waals surface area contributed by atoms with E-state index in [1.54, 1.807) is 41.5 Å². The van der Waals surface area contributed by atoms with E-state index in [-0.39, 0.29) is 11.4 Å². The lowest BCUT2D eigenvalue weighted by Crippen LogP contribution is -2.61. The Balaban J connectivity index is 1.41. The summed E-state index contributed by atoms with van der Waals surface area (Å²) in [6.07, 6.45) is 12.7. The van der Waals surface area contributed by atoms with Gasteiger partial charge in [0.05, 0.1) is 16.0 Å². The van der Waals surface area contributed by atoms with Gasteiger partial charge < -0.3 is 10.2 Å². The number of piperazine rings is 1. The van der Waals surface area contributed by atoms with Crippen molar-refractivity contribution in [3.63, 3.8) is 0 Å². The van der Waals surface area contributed by atoms with Crippen molar-refractivity contribution in [1.82, 2.24) is 34.6 Å². The van der Waals surface area contributed by atoms with Crippen LogP contribution in [0.2, 0.25) is 5.02 Å². The standard InChI is InChI=1S/C25H32ClN7O/c1-2-31-13-15-32(16-14-31)25(8-4-3-5-9-25)18-30-23(34)19-17-33(24-28-10-6-11-29-24)22-21(19)20(26)7-12-27-22/h6-7,10-12,17H,2-5,8-9,13-16,18H2,1H3,(H,30,34). The number of likely N-dealkylation sites (N-methyl/N-ethyl adjacent to an activating group) is 1. The second kappa shape index (κ2) is 9.98. The molecule has 3 aromatic rings. The summed E-state index contributed by atoms with van der Waals surface area (Å²) in [5, 5.41) is 4.40. The molecule has 1 amide bonds. The molecule has 0 spiro atoms. The monoisotopic (exact) mass is 481 g/mol. The number of carbonyl (C=O) groups excluding carboxylic acids is 1. The van der Waals surface area contributed by atoms with E-state index in [0.717, 1.165) is 45.6 Å². The van der Waals surface area contributed by atoms with Crippen LogP contribution in [0.1, 0.15) is 49.4 Å². The Labute approximate surface area is 205 Å². The molecule has 1 saturated carbocycles. The molecule has 4 heterocycles. The lowest BCUT2D eigenvalue weighted by atomic mass is 9.79. The van der Waals surface area contributed by atoms with Crippen LogP contribution in [0.25, 0.3) is 17.0 Å². The molecule has 2 aliphatic rings. The van der Waals surface area contributed by atoms with Crippen LogP contribution in [-0.4, -0.2) is 80.0 Å². The minimum atomic E-state index is -0.133. The molecular weight excluding hydrogens is 450 g/mol. The first-order valence-corrected chi connectivity index (χ1v) is 12.7. The Morgan fingerprint density at radius 1 is 1.06 bits per heavy atom. The van der Waals surface area contributed by atoms with Crippen molar-refractivity contribution in [3.8, 4) is 5.95 Å². The first-order valence-electron chi connectivity index (χ1n) is 12.3. The number of carbonyl (C=O) groups is 1. The molecule has 180 valence electrons. The molecule has 0 aromatic carbocycles. The van der Waals surface area contributed by atoms with Crippen LogP contribution in [0, 0.1) is 0 Å². The fourth-order valence-corrected chi connectivity index (χ4v) is 5.79. The number of nitrogens with one attached hydrogen (secondary N) is 1. The molecule has 34 heavy (non-hydrogen) atoms. The zero-order valence-corrected chi connectivity index (χ0v) is 20.5. The fraction of sp³-hybridized carbons (Fsp3) is 0.520. The number of fused-ring (bicyclic) bond motifs is 1.